The monoisotopic (exact) mass is 884 g/mol. The van der Waals surface area contributed by atoms with Crippen LogP contribution in [0.25, 0.3) is 11.2 Å². The standard InChI is InChI=1S/C41H57ClN8O7.C3H8O2/c1-40(2,3)56-38(52)47-33(37(51)55-26-30-11-9-8-10-12-30)19-20-48(25-32(54-7)18-22-50-28-46-34-35(43)44-27-45-36(34)50)23-24-49(39(53)57-41(4,5)6)21-17-29-13-15-31(42)16-14-29;1-3(2,4)5/h8-16,27-28,32-33H,17-26H2,1-7H3,(H,47,52)(H2,43,44,45);4-5H,1-2H3. The molecule has 18 heteroatoms. The molecule has 0 aliphatic carbocycles. The summed E-state index contributed by atoms with van der Waals surface area (Å²) in [5, 5.41) is 19.5. The highest BCUT2D eigenvalue weighted by Gasteiger charge is 2.28. The van der Waals surface area contributed by atoms with E-state index in [9.17, 15) is 14.4 Å². The lowest BCUT2D eigenvalue weighted by atomic mass is 10.1. The van der Waals surface area contributed by atoms with Gasteiger partial charge < -0.3 is 49.7 Å². The molecule has 2 aromatic heterocycles. The van der Waals surface area contributed by atoms with Crippen LogP contribution in [0.15, 0.2) is 67.3 Å². The van der Waals surface area contributed by atoms with Gasteiger partial charge in [-0.1, -0.05) is 54.1 Å². The molecule has 2 amide bonds. The van der Waals surface area contributed by atoms with Crippen molar-refractivity contribution in [3.63, 3.8) is 0 Å². The number of benzene rings is 2. The van der Waals surface area contributed by atoms with Crippen LogP contribution in [0.2, 0.25) is 5.02 Å². The molecule has 0 saturated carbocycles. The molecule has 4 rings (SSSR count). The quantitative estimate of drug-likeness (QED) is 0.0484. The Morgan fingerprint density at radius 2 is 1.48 bits per heavy atom. The van der Waals surface area contributed by atoms with Crippen LogP contribution < -0.4 is 11.1 Å². The normalized spacial score (nSPS) is 12.9. The summed E-state index contributed by atoms with van der Waals surface area (Å²) in [6.45, 7) is 15.8. The Morgan fingerprint density at radius 3 is 2.10 bits per heavy atom. The van der Waals surface area contributed by atoms with Crippen molar-refractivity contribution in [2.24, 2.45) is 0 Å². The number of rotatable bonds is 19. The molecule has 2 heterocycles. The summed E-state index contributed by atoms with van der Waals surface area (Å²) < 4.78 is 24.9. The van der Waals surface area contributed by atoms with Crippen LogP contribution in [-0.4, -0.2) is 127 Å². The van der Waals surface area contributed by atoms with E-state index in [4.69, 9.17) is 46.5 Å². The summed E-state index contributed by atoms with van der Waals surface area (Å²) in [5.74, 6) is -1.80. The number of nitrogens with one attached hydrogen (secondary N) is 1. The van der Waals surface area contributed by atoms with E-state index >= 15 is 0 Å². The minimum absolute atomic E-state index is 0.0413. The highest BCUT2D eigenvalue weighted by atomic mass is 35.5. The Labute approximate surface area is 369 Å². The second-order valence-electron chi connectivity index (χ2n) is 17.2. The lowest BCUT2D eigenvalue weighted by Gasteiger charge is -2.32. The summed E-state index contributed by atoms with van der Waals surface area (Å²) in [6.07, 6.45) is 2.96. The fraction of sp³-hybridized carbons (Fsp3) is 0.545. The molecule has 5 N–H and O–H groups in total. The van der Waals surface area contributed by atoms with Gasteiger partial charge in [0.15, 0.2) is 17.3 Å². The third-order valence-electron chi connectivity index (χ3n) is 8.77. The number of halogens is 1. The van der Waals surface area contributed by atoms with Crippen molar-refractivity contribution in [1.29, 1.82) is 0 Å². The number of carbonyl (C=O) groups is 3. The van der Waals surface area contributed by atoms with E-state index in [1.54, 1.807) is 39.1 Å². The van der Waals surface area contributed by atoms with Gasteiger partial charge in [0.25, 0.3) is 0 Å². The van der Waals surface area contributed by atoms with Crippen molar-refractivity contribution >= 4 is 46.7 Å². The van der Waals surface area contributed by atoms with Gasteiger partial charge in [0.2, 0.25) is 0 Å². The number of imidazole rings is 1. The van der Waals surface area contributed by atoms with Gasteiger partial charge in [0.1, 0.15) is 35.7 Å². The summed E-state index contributed by atoms with van der Waals surface area (Å²) in [4.78, 5) is 56.7. The van der Waals surface area contributed by atoms with Crippen molar-refractivity contribution < 1.29 is 43.5 Å². The zero-order valence-corrected chi connectivity index (χ0v) is 38.2. The zero-order valence-electron chi connectivity index (χ0n) is 37.5. The summed E-state index contributed by atoms with van der Waals surface area (Å²) >= 11 is 6.12. The number of hydrogen-bond donors (Lipinski definition) is 4. The molecule has 2 aromatic carbocycles. The van der Waals surface area contributed by atoms with Gasteiger partial charge in [-0.15, -0.1) is 0 Å². The number of aryl methyl sites for hydroxylation is 1. The Balaban J connectivity index is 0.00000193. The first-order chi connectivity index (χ1) is 29.0. The predicted molar refractivity (Wildman–Crippen MR) is 237 cm³/mol. The number of methoxy groups -OCH3 is 1. The fourth-order valence-corrected chi connectivity index (χ4v) is 5.98. The Morgan fingerprint density at radius 1 is 0.839 bits per heavy atom. The van der Waals surface area contributed by atoms with E-state index in [1.807, 2.05) is 79.9 Å². The topological polar surface area (TPSA) is 217 Å². The van der Waals surface area contributed by atoms with Crippen molar-refractivity contribution in [3.8, 4) is 0 Å². The van der Waals surface area contributed by atoms with Gasteiger partial charge >= 0.3 is 18.2 Å². The molecule has 342 valence electrons. The van der Waals surface area contributed by atoms with E-state index in [2.05, 4.69) is 25.2 Å². The average molecular weight is 886 g/mol. The molecular weight excluding hydrogens is 820 g/mol. The molecule has 2 unspecified atom stereocenters. The first kappa shape index (κ1) is 51.3. The summed E-state index contributed by atoms with van der Waals surface area (Å²) in [5.41, 5.74) is 7.50. The zero-order chi connectivity index (χ0) is 46.1. The largest absolute Gasteiger partial charge is 0.459 e. The Bertz CT molecular complexity index is 1970. The van der Waals surface area contributed by atoms with Gasteiger partial charge in [-0.25, -0.2) is 29.3 Å². The molecule has 17 nitrogen and oxygen atoms in total. The highest BCUT2D eigenvalue weighted by Crippen LogP contribution is 2.18. The van der Waals surface area contributed by atoms with Crippen molar-refractivity contribution in [2.75, 3.05) is 45.6 Å². The first-order valence-electron chi connectivity index (χ1n) is 20.5. The molecular formula is C44H65ClN8O9. The number of nitrogen functional groups attached to an aromatic ring is 1. The number of amides is 2. The number of anilines is 1. The van der Waals surface area contributed by atoms with E-state index in [1.165, 1.54) is 20.2 Å². The third-order valence-corrected chi connectivity index (χ3v) is 9.02. The molecule has 0 spiro atoms. The maximum absolute atomic E-state index is 13.6. The van der Waals surface area contributed by atoms with E-state index < -0.39 is 41.2 Å². The Hall–Kier alpha value is -5.07. The molecule has 2 atom stereocenters. The number of aromatic nitrogens is 4. The molecule has 0 bridgehead atoms. The van der Waals surface area contributed by atoms with Crippen LogP contribution in [0.1, 0.15) is 79.4 Å². The highest BCUT2D eigenvalue weighted by molar-refractivity contribution is 6.30. The number of nitrogens with zero attached hydrogens (tertiary/aromatic N) is 6. The number of alkyl carbamates (subject to hydrolysis) is 1. The van der Waals surface area contributed by atoms with Crippen LogP contribution in [0, 0.1) is 0 Å². The summed E-state index contributed by atoms with van der Waals surface area (Å²) in [6, 6.07) is 15.8. The van der Waals surface area contributed by atoms with E-state index in [0.29, 0.717) is 74.1 Å². The Kier molecular flexibility index (Phi) is 19.8. The minimum Gasteiger partial charge on any atom is -0.459 e. The van der Waals surface area contributed by atoms with E-state index in [0.717, 1.165) is 11.1 Å². The third kappa shape index (κ3) is 20.2. The molecule has 0 radical (unpaired) electrons. The van der Waals surface area contributed by atoms with Crippen LogP contribution in [0.4, 0.5) is 15.4 Å². The van der Waals surface area contributed by atoms with Crippen LogP contribution in [0.5, 0.6) is 0 Å². The number of aliphatic hydroxyl groups is 2. The van der Waals surface area contributed by atoms with Crippen molar-refractivity contribution in [2.45, 2.75) is 117 Å². The molecule has 0 aliphatic rings. The number of esters is 1. The van der Waals surface area contributed by atoms with Gasteiger partial charge in [0.05, 0.1) is 12.4 Å². The number of hydrogen-bond acceptors (Lipinski definition) is 14. The van der Waals surface area contributed by atoms with Crippen LogP contribution in [0.3, 0.4) is 0 Å². The number of fused-ring (bicyclic) bond motifs is 1. The molecule has 0 fully saturated rings. The van der Waals surface area contributed by atoms with Crippen molar-refractivity contribution in [3.05, 3.63) is 83.4 Å². The number of nitrogens with two attached hydrogens (primary N) is 1. The van der Waals surface area contributed by atoms with Crippen LogP contribution in [-0.2, 0) is 43.3 Å². The van der Waals surface area contributed by atoms with Gasteiger partial charge in [0, 0.05) is 51.4 Å². The molecule has 62 heavy (non-hydrogen) atoms. The average Bonchev–Trinajstić information content (AvgIpc) is 3.59. The van der Waals surface area contributed by atoms with Crippen molar-refractivity contribution in [1.82, 2.24) is 34.6 Å². The van der Waals surface area contributed by atoms with Crippen LogP contribution >= 0.6 is 11.6 Å². The van der Waals surface area contributed by atoms with Gasteiger partial charge in [-0.05, 0) is 97.9 Å². The van der Waals surface area contributed by atoms with Gasteiger partial charge in [-0.3, -0.25) is 4.90 Å². The lowest BCUT2D eigenvalue weighted by molar-refractivity contribution is -0.147. The molecule has 0 saturated heterocycles. The predicted octanol–water partition coefficient (Wildman–Crippen LogP) is 5.98. The summed E-state index contributed by atoms with van der Waals surface area (Å²) in [7, 11) is 1.64. The van der Waals surface area contributed by atoms with Gasteiger partial charge in [-0.2, -0.15) is 0 Å². The first-order valence-corrected chi connectivity index (χ1v) is 20.9. The fourth-order valence-electron chi connectivity index (χ4n) is 5.85. The number of carbonyl (C=O) groups excluding carboxylic acids is 3. The maximum Gasteiger partial charge on any atom is 0.410 e. The number of ether oxygens (including phenoxy) is 4. The maximum atomic E-state index is 13.6. The second kappa shape index (κ2) is 24.0. The van der Waals surface area contributed by atoms with E-state index in [-0.39, 0.29) is 19.1 Å². The molecule has 4 aromatic rings. The lowest BCUT2D eigenvalue weighted by Crippen LogP contribution is -2.48. The smallest absolute Gasteiger partial charge is 0.410 e. The minimum atomic E-state index is -1.50. The SMILES string of the molecule is CC(C)(O)O.COC(CCn1cnc2c(N)ncnc21)CN(CCC(NC(=O)OC(C)(C)C)C(=O)OCc1ccccc1)CCN(CCc1ccc(Cl)cc1)C(=O)OC(C)(C)C. The second-order valence-corrected chi connectivity index (χ2v) is 17.7. The molecule has 0 aliphatic heterocycles.